The molecule has 2 heterocycles. The number of fused-ring (bicyclic) bond motifs is 1. The van der Waals surface area contributed by atoms with Crippen molar-refractivity contribution in [3.63, 3.8) is 0 Å². The number of halogens is 1. The van der Waals surface area contributed by atoms with Crippen molar-refractivity contribution in [1.82, 2.24) is 14.5 Å². The Balaban J connectivity index is 2.04. The Morgan fingerprint density at radius 2 is 2.19 bits per heavy atom. The van der Waals surface area contributed by atoms with Crippen LogP contribution in [0.15, 0.2) is 36.5 Å². The lowest BCUT2D eigenvalue weighted by Crippen LogP contribution is -2.04. The van der Waals surface area contributed by atoms with Crippen LogP contribution in [0.1, 0.15) is 21.7 Å². The van der Waals surface area contributed by atoms with E-state index >= 15 is 0 Å². The van der Waals surface area contributed by atoms with Gasteiger partial charge in [0.05, 0.1) is 17.1 Å². The van der Waals surface area contributed by atoms with Crippen molar-refractivity contribution in [3.8, 4) is 0 Å². The van der Waals surface area contributed by atoms with Crippen LogP contribution in [0.25, 0.3) is 11.2 Å². The van der Waals surface area contributed by atoms with E-state index in [1.54, 1.807) is 30.5 Å². The normalized spacial score (nSPS) is 11.0. The Morgan fingerprint density at radius 1 is 1.38 bits per heavy atom. The van der Waals surface area contributed by atoms with Gasteiger partial charge in [-0.3, -0.25) is 0 Å². The third kappa shape index (κ3) is 2.60. The molecule has 2 aromatic heterocycles. The molecule has 0 atom stereocenters. The number of hydrogen-bond acceptors (Lipinski definition) is 3. The van der Waals surface area contributed by atoms with E-state index in [0.29, 0.717) is 11.6 Å². The molecule has 5 nitrogen and oxygen atoms in total. The van der Waals surface area contributed by atoms with Crippen LogP contribution in [-0.2, 0) is 6.54 Å². The van der Waals surface area contributed by atoms with E-state index in [1.807, 2.05) is 17.6 Å². The van der Waals surface area contributed by atoms with Crippen molar-refractivity contribution in [2.24, 2.45) is 0 Å². The van der Waals surface area contributed by atoms with Crippen LogP contribution in [0.3, 0.4) is 0 Å². The molecule has 0 spiro atoms. The molecule has 3 rings (SSSR count). The van der Waals surface area contributed by atoms with Crippen molar-refractivity contribution in [1.29, 1.82) is 0 Å². The average Bonchev–Trinajstić information content (AvgIpc) is 2.74. The van der Waals surface area contributed by atoms with Crippen molar-refractivity contribution >= 4 is 28.7 Å². The minimum Gasteiger partial charge on any atom is -0.478 e. The van der Waals surface area contributed by atoms with Gasteiger partial charge in [-0.2, -0.15) is 0 Å². The van der Waals surface area contributed by atoms with Crippen LogP contribution in [0.4, 0.5) is 0 Å². The summed E-state index contributed by atoms with van der Waals surface area (Å²) in [6.07, 6.45) is 1.58. The Hall–Kier alpha value is -2.40. The molecule has 21 heavy (non-hydrogen) atoms. The summed E-state index contributed by atoms with van der Waals surface area (Å²) in [5.41, 5.74) is 2.62. The second-order valence-corrected chi connectivity index (χ2v) is 5.18. The molecule has 0 bridgehead atoms. The first-order chi connectivity index (χ1) is 10.0. The number of aromatic carboxylic acids is 1. The fraction of sp³-hybridized carbons (Fsp3) is 0.133. The molecule has 0 unspecified atom stereocenters. The molecule has 106 valence electrons. The SMILES string of the molecule is Cc1nc2cc(Cl)cnc2n1Cc1cccc(C(=O)O)c1. The molecular formula is C15H12ClN3O2. The van der Waals surface area contributed by atoms with Gasteiger partial charge < -0.3 is 9.67 Å². The lowest BCUT2D eigenvalue weighted by molar-refractivity contribution is 0.0696. The summed E-state index contributed by atoms with van der Waals surface area (Å²) < 4.78 is 1.94. The highest BCUT2D eigenvalue weighted by molar-refractivity contribution is 6.31. The number of aryl methyl sites for hydroxylation is 1. The van der Waals surface area contributed by atoms with Gasteiger partial charge in [0.25, 0.3) is 0 Å². The van der Waals surface area contributed by atoms with E-state index in [1.165, 1.54) is 0 Å². The zero-order valence-corrected chi connectivity index (χ0v) is 12.0. The van der Waals surface area contributed by atoms with Crippen LogP contribution in [0, 0.1) is 6.92 Å². The van der Waals surface area contributed by atoms with Crippen molar-refractivity contribution in [2.45, 2.75) is 13.5 Å². The zero-order valence-electron chi connectivity index (χ0n) is 11.2. The zero-order chi connectivity index (χ0) is 15.0. The number of imidazole rings is 1. The number of carbonyl (C=O) groups is 1. The number of aromatic nitrogens is 3. The maximum absolute atomic E-state index is 11.0. The van der Waals surface area contributed by atoms with Gasteiger partial charge in [-0.05, 0) is 30.7 Å². The molecule has 1 N–H and O–H groups in total. The van der Waals surface area contributed by atoms with Gasteiger partial charge in [-0.25, -0.2) is 14.8 Å². The van der Waals surface area contributed by atoms with Gasteiger partial charge in [-0.15, -0.1) is 0 Å². The summed E-state index contributed by atoms with van der Waals surface area (Å²) in [5, 5.41) is 9.59. The standard InChI is InChI=1S/C15H12ClN3O2/c1-9-18-13-6-12(16)7-17-14(13)19(9)8-10-3-2-4-11(5-10)15(20)21/h2-7H,8H2,1H3,(H,20,21). The summed E-state index contributed by atoms with van der Waals surface area (Å²) in [7, 11) is 0. The van der Waals surface area contributed by atoms with Gasteiger partial charge in [0.2, 0.25) is 0 Å². The highest BCUT2D eigenvalue weighted by Crippen LogP contribution is 2.19. The Labute approximate surface area is 125 Å². The number of carboxylic acids is 1. The number of nitrogens with zero attached hydrogens (tertiary/aromatic N) is 3. The van der Waals surface area contributed by atoms with Crippen molar-refractivity contribution in [2.75, 3.05) is 0 Å². The van der Waals surface area contributed by atoms with Crippen LogP contribution in [-0.4, -0.2) is 25.6 Å². The molecule has 0 saturated heterocycles. The second kappa shape index (κ2) is 5.18. The number of benzene rings is 1. The maximum atomic E-state index is 11.0. The predicted octanol–water partition coefficient (Wildman–Crippen LogP) is 3.14. The third-order valence-corrected chi connectivity index (χ3v) is 3.46. The molecule has 0 saturated carbocycles. The Morgan fingerprint density at radius 3 is 2.95 bits per heavy atom. The van der Waals surface area contributed by atoms with Crippen LogP contribution in [0.5, 0.6) is 0 Å². The molecule has 0 fully saturated rings. The molecule has 0 aliphatic rings. The summed E-state index contributed by atoms with van der Waals surface area (Å²) >= 11 is 5.92. The lowest BCUT2D eigenvalue weighted by Gasteiger charge is -2.07. The molecule has 6 heteroatoms. The second-order valence-electron chi connectivity index (χ2n) is 4.75. The first kappa shape index (κ1) is 13.6. The van der Waals surface area contributed by atoms with Gasteiger partial charge in [0, 0.05) is 6.20 Å². The van der Waals surface area contributed by atoms with Crippen LogP contribution >= 0.6 is 11.6 Å². The number of rotatable bonds is 3. The number of hydrogen-bond donors (Lipinski definition) is 1. The summed E-state index contributed by atoms with van der Waals surface area (Å²) in [5.74, 6) is -0.130. The molecule has 0 aliphatic carbocycles. The fourth-order valence-electron chi connectivity index (χ4n) is 2.27. The molecule has 3 aromatic rings. The third-order valence-electron chi connectivity index (χ3n) is 3.26. The highest BCUT2D eigenvalue weighted by atomic mass is 35.5. The quantitative estimate of drug-likeness (QED) is 0.807. The van der Waals surface area contributed by atoms with Crippen LogP contribution < -0.4 is 0 Å². The van der Waals surface area contributed by atoms with E-state index in [9.17, 15) is 4.79 Å². The largest absolute Gasteiger partial charge is 0.478 e. The molecular weight excluding hydrogens is 290 g/mol. The van der Waals surface area contributed by atoms with E-state index in [0.717, 1.165) is 22.6 Å². The fourth-order valence-corrected chi connectivity index (χ4v) is 2.43. The molecule has 1 aromatic carbocycles. The minimum absolute atomic E-state index is 0.269. The molecule has 0 amide bonds. The van der Waals surface area contributed by atoms with Gasteiger partial charge in [0.1, 0.15) is 11.3 Å². The van der Waals surface area contributed by atoms with Crippen molar-refractivity contribution in [3.05, 3.63) is 58.5 Å². The predicted molar refractivity (Wildman–Crippen MR) is 79.8 cm³/mol. The van der Waals surface area contributed by atoms with Gasteiger partial charge in [-0.1, -0.05) is 23.7 Å². The summed E-state index contributed by atoms with van der Waals surface area (Å²) in [4.78, 5) is 19.8. The van der Waals surface area contributed by atoms with Crippen molar-refractivity contribution < 1.29 is 9.90 Å². The molecule has 0 aliphatic heterocycles. The maximum Gasteiger partial charge on any atom is 0.335 e. The Kier molecular flexibility index (Phi) is 3.35. The van der Waals surface area contributed by atoms with Gasteiger partial charge in [0.15, 0.2) is 5.65 Å². The highest BCUT2D eigenvalue weighted by Gasteiger charge is 2.10. The number of carboxylic acid groups (broad SMARTS) is 1. The smallest absolute Gasteiger partial charge is 0.335 e. The first-order valence-corrected chi connectivity index (χ1v) is 6.73. The molecule has 0 radical (unpaired) electrons. The van der Waals surface area contributed by atoms with Gasteiger partial charge >= 0.3 is 5.97 Å². The van der Waals surface area contributed by atoms with E-state index < -0.39 is 5.97 Å². The first-order valence-electron chi connectivity index (χ1n) is 6.35. The lowest BCUT2D eigenvalue weighted by atomic mass is 10.1. The summed E-state index contributed by atoms with van der Waals surface area (Å²) in [6.45, 7) is 2.40. The minimum atomic E-state index is -0.936. The Bertz CT molecular complexity index is 842. The van der Waals surface area contributed by atoms with E-state index in [2.05, 4.69) is 9.97 Å². The summed E-state index contributed by atoms with van der Waals surface area (Å²) in [6, 6.07) is 8.61. The van der Waals surface area contributed by atoms with E-state index in [-0.39, 0.29) is 5.56 Å². The topological polar surface area (TPSA) is 68.0 Å². The number of pyridine rings is 1. The van der Waals surface area contributed by atoms with E-state index in [4.69, 9.17) is 16.7 Å². The monoisotopic (exact) mass is 301 g/mol. The van der Waals surface area contributed by atoms with Crippen LogP contribution in [0.2, 0.25) is 5.02 Å². The average molecular weight is 302 g/mol.